The summed E-state index contributed by atoms with van der Waals surface area (Å²) in [5.41, 5.74) is 1.54. The monoisotopic (exact) mass is 511 g/mol. The molecule has 1 unspecified atom stereocenters. The molecule has 0 aliphatic carbocycles. The Bertz CT molecular complexity index is 1160. The van der Waals surface area contributed by atoms with Gasteiger partial charge in [-0.1, -0.05) is 17.7 Å². The fourth-order valence-corrected chi connectivity index (χ4v) is 5.17. The number of pyridine rings is 1. The number of allylic oxidation sites excluding steroid dienone is 3. The van der Waals surface area contributed by atoms with Crippen molar-refractivity contribution in [1.82, 2.24) is 15.3 Å². The van der Waals surface area contributed by atoms with E-state index in [0.29, 0.717) is 23.1 Å². The van der Waals surface area contributed by atoms with Crippen LogP contribution in [-0.4, -0.2) is 36.3 Å². The second-order valence-electron chi connectivity index (χ2n) is 6.81. The molecule has 1 atom stereocenters. The van der Waals surface area contributed by atoms with Gasteiger partial charge in [0.05, 0.1) is 18.3 Å². The van der Waals surface area contributed by atoms with Crippen molar-refractivity contribution in [2.45, 2.75) is 20.4 Å². The van der Waals surface area contributed by atoms with Gasteiger partial charge in [0, 0.05) is 48.1 Å². The van der Waals surface area contributed by atoms with Gasteiger partial charge in [-0.15, -0.1) is 6.58 Å². The van der Waals surface area contributed by atoms with E-state index in [1.54, 1.807) is 48.8 Å². The fourth-order valence-electron chi connectivity index (χ4n) is 2.94. The third-order valence-electron chi connectivity index (χ3n) is 4.41. The summed E-state index contributed by atoms with van der Waals surface area (Å²) >= 11 is 6.12. The van der Waals surface area contributed by atoms with Crippen LogP contribution in [0.15, 0.2) is 67.3 Å². The number of carbonyl (C=O) groups excluding carboxylic acids is 1. The highest BCUT2D eigenvalue weighted by atomic mass is 35.5. The molecule has 0 saturated heterocycles. The number of aromatic amines is 1. The number of nitrogens with zero attached hydrogens (tertiary/aromatic N) is 1. The van der Waals surface area contributed by atoms with Gasteiger partial charge in [-0.3, -0.25) is 18.7 Å². The molecule has 0 radical (unpaired) electrons. The first kappa shape index (κ1) is 29.2. The van der Waals surface area contributed by atoms with E-state index in [9.17, 15) is 18.1 Å². The number of benzene rings is 1. The highest BCUT2D eigenvalue weighted by Crippen LogP contribution is 2.48. The molecule has 0 saturated carbocycles. The lowest BCUT2D eigenvalue weighted by Gasteiger charge is -2.16. The number of alkyl halides is 1. The summed E-state index contributed by atoms with van der Waals surface area (Å²) < 4.78 is 41.7. The van der Waals surface area contributed by atoms with Crippen LogP contribution in [0.2, 0.25) is 5.02 Å². The first-order valence-corrected chi connectivity index (χ1v) is 12.3. The standard InChI is InChI=1S/C20H20ClFN3O3P.C3H6.CH3F/c1-13(22)7-10-29(27,28-2)19-16-11-15(21)3-4-17(16)25-18(19)20(26)24-12-14-5-8-23-9-6-14;1-3-2;1-2/h3-9,11,25H,10,12H2,1-2H3,(H,24,26);3H,1H2,2H3;1H3/b13-7+;;. The SMILES string of the molecule is C=CC.CF.COP(=O)(C/C=C(\C)F)c1c(C(=O)NCc2ccncc2)[nH]c2ccc(Cl)cc12. The topological polar surface area (TPSA) is 84.1 Å². The zero-order valence-corrected chi connectivity index (χ0v) is 21.2. The molecule has 2 N–H and O–H groups in total. The van der Waals surface area contributed by atoms with Gasteiger partial charge in [0.1, 0.15) is 5.69 Å². The van der Waals surface area contributed by atoms with Gasteiger partial charge < -0.3 is 14.8 Å². The molecule has 3 rings (SSSR count). The first-order valence-electron chi connectivity index (χ1n) is 10.2. The number of hydrogen-bond donors (Lipinski definition) is 2. The number of hydrogen-bond acceptors (Lipinski definition) is 4. The Balaban J connectivity index is 0.00000107. The van der Waals surface area contributed by atoms with Crippen LogP contribution in [0.4, 0.5) is 8.78 Å². The van der Waals surface area contributed by atoms with E-state index in [-0.39, 0.29) is 23.7 Å². The minimum atomic E-state index is -3.59. The lowest BCUT2D eigenvalue weighted by atomic mass is 10.2. The van der Waals surface area contributed by atoms with Gasteiger partial charge in [-0.2, -0.15) is 0 Å². The molecule has 2 heterocycles. The maximum atomic E-state index is 13.6. The molecular formula is C24H29ClF2N3O3P. The van der Waals surface area contributed by atoms with Gasteiger partial charge in [0.15, 0.2) is 0 Å². The number of rotatable bonds is 7. The third kappa shape index (κ3) is 7.90. The summed E-state index contributed by atoms with van der Waals surface area (Å²) in [4.78, 5) is 19.9. The summed E-state index contributed by atoms with van der Waals surface area (Å²) in [6.45, 7) is 6.77. The van der Waals surface area contributed by atoms with Crippen LogP contribution < -0.4 is 10.6 Å². The number of halogens is 3. The number of amides is 1. The summed E-state index contributed by atoms with van der Waals surface area (Å²) in [5.74, 6) is -0.939. The molecule has 184 valence electrons. The molecule has 0 spiro atoms. The number of aromatic nitrogens is 2. The van der Waals surface area contributed by atoms with Crippen molar-refractivity contribution in [3.8, 4) is 0 Å². The predicted octanol–water partition coefficient (Wildman–Crippen LogP) is 6.35. The molecule has 1 amide bonds. The summed E-state index contributed by atoms with van der Waals surface area (Å²) in [7, 11) is -1.81. The van der Waals surface area contributed by atoms with Crippen molar-refractivity contribution >= 4 is 41.1 Å². The Hall–Kier alpha value is -2.80. The second kappa shape index (κ2) is 14.5. The minimum Gasteiger partial charge on any atom is -0.350 e. The number of nitrogens with one attached hydrogen (secondary N) is 2. The molecule has 1 aromatic carbocycles. The first-order chi connectivity index (χ1) is 16.3. The zero-order valence-electron chi connectivity index (χ0n) is 19.6. The third-order valence-corrected chi connectivity index (χ3v) is 7.05. The summed E-state index contributed by atoms with van der Waals surface area (Å²) in [5, 5.41) is 3.91. The maximum absolute atomic E-state index is 13.6. The van der Waals surface area contributed by atoms with E-state index in [4.69, 9.17) is 16.1 Å². The van der Waals surface area contributed by atoms with Gasteiger partial charge in [0.2, 0.25) is 7.37 Å². The van der Waals surface area contributed by atoms with Crippen LogP contribution in [-0.2, 0) is 15.6 Å². The Kier molecular flexibility index (Phi) is 12.4. The fraction of sp³-hybridized carbons (Fsp3) is 0.250. The molecule has 6 nitrogen and oxygen atoms in total. The van der Waals surface area contributed by atoms with Crippen LogP contribution in [0.25, 0.3) is 10.9 Å². The number of fused-ring (bicyclic) bond motifs is 1. The minimum absolute atomic E-state index is 0.103. The Morgan fingerprint density at radius 3 is 2.47 bits per heavy atom. The van der Waals surface area contributed by atoms with Gasteiger partial charge in [-0.05, 0) is 55.8 Å². The average molecular weight is 512 g/mol. The van der Waals surface area contributed by atoms with E-state index in [0.717, 1.165) is 5.56 Å². The van der Waals surface area contributed by atoms with E-state index in [1.807, 2.05) is 6.92 Å². The van der Waals surface area contributed by atoms with Gasteiger partial charge >= 0.3 is 0 Å². The molecule has 0 aliphatic rings. The molecular weight excluding hydrogens is 483 g/mol. The molecule has 0 aliphatic heterocycles. The molecule has 3 aromatic rings. The molecule has 34 heavy (non-hydrogen) atoms. The average Bonchev–Trinajstić information content (AvgIpc) is 3.23. The lowest BCUT2D eigenvalue weighted by Crippen LogP contribution is -2.28. The number of H-pyrrole nitrogens is 1. The molecule has 0 bridgehead atoms. The Morgan fingerprint density at radius 1 is 1.29 bits per heavy atom. The van der Waals surface area contributed by atoms with E-state index >= 15 is 0 Å². The molecule has 10 heteroatoms. The maximum Gasteiger partial charge on any atom is 0.268 e. The van der Waals surface area contributed by atoms with Crippen LogP contribution >= 0.6 is 19.0 Å². The van der Waals surface area contributed by atoms with Crippen molar-refractivity contribution < 1.29 is 22.7 Å². The van der Waals surface area contributed by atoms with Crippen molar-refractivity contribution in [3.05, 3.63) is 83.6 Å². The van der Waals surface area contributed by atoms with E-state index in [2.05, 4.69) is 21.9 Å². The second-order valence-corrected chi connectivity index (χ2v) is 9.78. The van der Waals surface area contributed by atoms with Crippen LogP contribution in [0.5, 0.6) is 0 Å². The quantitative estimate of drug-likeness (QED) is 0.286. The summed E-state index contributed by atoms with van der Waals surface area (Å²) in [6.07, 6.45) is 6.01. The zero-order chi connectivity index (χ0) is 25.7. The highest BCUT2D eigenvalue weighted by molar-refractivity contribution is 7.67. The predicted molar refractivity (Wildman–Crippen MR) is 136 cm³/mol. The van der Waals surface area contributed by atoms with Crippen LogP contribution in [0.1, 0.15) is 29.9 Å². The van der Waals surface area contributed by atoms with Crippen molar-refractivity contribution in [2.24, 2.45) is 0 Å². The normalized spacial score (nSPS) is 12.5. The molecule has 0 fully saturated rings. The van der Waals surface area contributed by atoms with E-state index < -0.39 is 19.1 Å². The Morgan fingerprint density at radius 2 is 1.91 bits per heavy atom. The van der Waals surface area contributed by atoms with Crippen molar-refractivity contribution in [3.63, 3.8) is 0 Å². The van der Waals surface area contributed by atoms with Crippen LogP contribution in [0.3, 0.4) is 0 Å². The van der Waals surface area contributed by atoms with Gasteiger partial charge in [-0.25, -0.2) is 4.39 Å². The lowest BCUT2D eigenvalue weighted by molar-refractivity contribution is 0.0947. The van der Waals surface area contributed by atoms with Gasteiger partial charge in [0.25, 0.3) is 5.91 Å². The molecule has 2 aromatic heterocycles. The number of carbonyl (C=O) groups is 1. The van der Waals surface area contributed by atoms with Crippen LogP contribution in [0, 0.1) is 0 Å². The largest absolute Gasteiger partial charge is 0.350 e. The summed E-state index contributed by atoms with van der Waals surface area (Å²) in [6, 6.07) is 8.52. The van der Waals surface area contributed by atoms with Crippen molar-refractivity contribution in [2.75, 3.05) is 20.4 Å². The highest BCUT2D eigenvalue weighted by Gasteiger charge is 2.33. The smallest absolute Gasteiger partial charge is 0.268 e. The van der Waals surface area contributed by atoms with Crippen molar-refractivity contribution in [1.29, 1.82) is 0 Å². The Labute approximate surface area is 203 Å². The van der Waals surface area contributed by atoms with E-state index in [1.165, 1.54) is 20.1 Å².